The van der Waals surface area contributed by atoms with Crippen molar-refractivity contribution in [3.05, 3.63) is 48.5 Å². The Bertz CT molecular complexity index is 586. The molecule has 6 heteroatoms. The van der Waals surface area contributed by atoms with Crippen molar-refractivity contribution in [2.24, 2.45) is 5.84 Å². The lowest BCUT2D eigenvalue weighted by Crippen LogP contribution is -2.29. The van der Waals surface area contributed by atoms with Gasteiger partial charge in [0.1, 0.15) is 5.75 Å². The van der Waals surface area contributed by atoms with E-state index in [0.717, 1.165) is 30.0 Å². The van der Waals surface area contributed by atoms with Gasteiger partial charge >= 0.3 is 0 Å². The first-order valence-corrected chi connectivity index (χ1v) is 8.02. The summed E-state index contributed by atoms with van der Waals surface area (Å²) in [5.41, 5.74) is 6.27. The molecule has 1 aromatic carbocycles. The van der Waals surface area contributed by atoms with Crippen molar-refractivity contribution in [1.82, 2.24) is 5.43 Å². The number of hydrogen-bond acceptors (Lipinski definition) is 4. The Kier molecular flexibility index (Phi) is 5.03. The fourth-order valence-electron chi connectivity index (χ4n) is 2.00. The van der Waals surface area contributed by atoms with Crippen LogP contribution >= 0.6 is 43.2 Å². The molecular formula is C13H14Br2N2OS. The molecule has 102 valence electrons. The summed E-state index contributed by atoms with van der Waals surface area (Å²) in [5, 5.41) is 0. The summed E-state index contributed by atoms with van der Waals surface area (Å²) in [6, 6.07) is 8.01. The number of methoxy groups -OCH3 is 1. The van der Waals surface area contributed by atoms with Crippen LogP contribution in [-0.4, -0.2) is 7.11 Å². The van der Waals surface area contributed by atoms with Gasteiger partial charge in [-0.15, -0.1) is 11.3 Å². The molecule has 1 unspecified atom stereocenters. The van der Waals surface area contributed by atoms with E-state index in [1.165, 1.54) is 0 Å². The van der Waals surface area contributed by atoms with Crippen molar-refractivity contribution in [3.8, 4) is 5.75 Å². The van der Waals surface area contributed by atoms with Crippen LogP contribution in [0.1, 0.15) is 22.7 Å². The maximum absolute atomic E-state index is 5.74. The summed E-state index contributed by atoms with van der Waals surface area (Å²) in [6.45, 7) is 2.05. The van der Waals surface area contributed by atoms with E-state index in [4.69, 9.17) is 10.6 Å². The third-order valence-corrected chi connectivity index (χ3v) is 5.33. The lowest BCUT2D eigenvalue weighted by Gasteiger charge is -2.19. The fourth-order valence-corrected chi connectivity index (χ4v) is 4.90. The van der Waals surface area contributed by atoms with Crippen LogP contribution in [0.4, 0.5) is 0 Å². The average molecular weight is 406 g/mol. The Morgan fingerprint density at radius 2 is 2.00 bits per heavy atom. The molecule has 1 atom stereocenters. The quantitative estimate of drug-likeness (QED) is 0.593. The van der Waals surface area contributed by atoms with E-state index in [0.29, 0.717) is 0 Å². The van der Waals surface area contributed by atoms with Gasteiger partial charge in [-0.3, -0.25) is 5.84 Å². The first-order valence-electron chi connectivity index (χ1n) is 5.62. The zero-order valence-electron chi connectivity index (χ0n) is 10.5. The van der Waals surface area contributed by atoms with Crippen LogP contribution in [0.3, 0.4) is 0 Å². The van der Waals surface area contributed by atoms with Crippen LogP contribution in [0.25, 0.3) is 0 Å². The van der Waals surface area contributed by atoms with E-state index in [-0.39, 0.29) is 6.04 Å². The van der Waals surface area contributed by atoms with Crippen molar-refractivity contribution in [2.75, 3.05) is 7.11 Å². The second-order valence-electron chi connectivity index (χ2n) is 4.10. The van der Waals surface area contributed by atoms with E-state index >= 15 is 0 Å². The highest BCUT2D eigenvalue weighted by molar-refractivity contribution is 9.12. The maximum Gasteiger partial charge on any atom is 0.119 e. The van der Waals surface area contributed by atoms with Crippen molar-refractivity contribution < 1.29 is 4.74 Å². The zero-order valence-corrected chi connectivity index (χ0v) is 14.5. The van der Waals surface area contributed by atoms with Gasteiger partial charge in [-0.1, -0.05) is 6.07 Å². The molecule has 0 saturated heterocycles. The number of aryl methyl sites for hydroxylation is 1. The van der Waals surface area contributed by atoms with Crippen LogP contribution in [0.2, 0.25) is 0 Å². The molecule has 3 nitrogen and oxygen atoms in total. The number of nitrogens with two attached hydrogens (primary N) is 1. The zero-order chi connectivity index (χ0) is 14.0. The predicted octanol–water partition coefficient (Wildman–Crippen LogP) is 4.14. The molecule has 0 bridgehead atoms. The second-order valence-corrected chi connectivity index (χ2v) is 7.85. The maximum atomic E-state index is 5.74. The molecule has 2 rings (SSSR count). The van der Waals surface area contributed by atoms with Crippen LogP contribution in [-0.2, 0) is 0 Å². The Morgan fingerprint density at radius 3 is 2.47 bits per heavy atom. The predicted molar refractivity (Wildman–Crippen MR) is 86.6 cm³/mol. The first kappa shape index (κ1) is 15.0. The third-order valence-electron chi connectivity index (χ3n) is 2.95. The average Bonchev–Trinajstić information content (AvgIpc) is 2.71. The van der Waals surface area contributed by atoms with Gasteiger partial charge in [0.15, 0.2) is 0 Å². The lowest BCUT2D eigenvalue weighted by molar-refractivity contribution is 0.414. The minimum atomic E-state index is -0.0529. The van der Waals surface area contributed by atoms with Crippen LogP contribution < -0.4 is 16.0 Å². The molecule has 3 N–H and O–H groups in total. The number of thiophene rings is 1. The summed E-state index contributed by atoms with van der Waals surface area (Å²) in [4.78, 5) is 0. The van der Waals surface area contributed by atoms with Crippen LogP contribution in [0.5, 0.6) is 5.75 Å². The smallest absolute Gasteiger partial charge is 0.119 e. The Labute approximate surface area is 133 Å². The second kappa shape index (κ2) is 6.37. The highest BCUT2D eigenvalue weighted by Gasteiger charge is 2.19. The number of halogens is 2. The van der Waals surface area contributed by atoms with E-state index in [2.05, 4.69) is 50.3 Å². The summed E-state index contributed by atoms with van der Waals surface area (Å²) >= 11 is 8.71. The highest BCUT2D eigenvalue weighted by Crippen LogP contribution is 2.38. The van der Waals surface area contributed by atoms with Gasteiger partial charge in [0.2, 0.25) is 0 Å². The number of hydrazine groups is 1. The standard InChI is InChI=1S/C13H14Br2N2OS/c1-7-5-8(18-2)3-4-9(7)12(17-16)10-6-11(14)19-13(10)15/h3-6,12,17H,16H2,1-2H3. The Morgan fingerprint density at radius 1 is 1.26 bits per heavy atom. The van der Waals surface area contributed by atoms with E-state index < -0.39 is 0 Å². The lowest BCUT2D eigenvalue weighted by atomic mass is 9.97. The molecule has 0 aliphatic heterocycles. The van der Waals surface area contributed by atoms with Crippen LogP contribution in [0, 0.1) is 6.92 Å². The monoisotopic (exact) mass is 404 g/mol. The van der Waals surface area contributed by atoms with Gasteiger partial charge in [-0.05, 0) is 68.1 Å². The van der Waals surface area contributed by atoms with Crippen molar-refractivity contribution in [1.29, 1.82) is 0 Å². The molecule has 2 aromatic rings. The fraction of sp³-hybridized carbons (Fsp3) is 0.231. The normalized spacial score (nSPS) is 12.5. The summed E-state index contributed by atoms with van der Waals surface area (Å²) < 4.78 is 7.37. The van der Waals surface area contributed by atoms with Gasteiger partial charge in [-0.2, -0.15) is 0 Å². The molecule has 0 aliphatic carbocycles. The van der Waals surface area contributed by atoms with Gasteiger partial charge in [0, 0.05) is 5.56 Å². The van der Waals surface area contributed by atoms with Crippen molar-refractivity contribution in [2.45, 2.75) is 13.0 Å². The molecule has 0 fully saturated rings. The van der Waals surface area contributed by atoms with Crippen molar-refractivity contribution >= 4 is 43.2 Å². The molecule has 0 radical (unpaired) electrons. The number of ether oxygens (including phenoxy) is 1. The number of nitrogens with one attached hydrogen (secondary N) is 1. The van der Waals surface area contributed by atoms with Gasteiger partial charge in [-0.25, -0.2) is 5.43 Å². The summed E-state index contributed by atoms with van der Waals surface area (Å²) in [6.07, 6.45) is 0. The summed E-state index contributed by atoms with van der Waals surface area (Å²) in [5.74, 6) is 6.59. The molecule has 0 amide bonds. The molecule has 1 aromatic heterocycles. The Hall–Kier alpha value is -0.400. The molecular weight excluding hydrogens is 392 g/mol. The molecule has 1 heterocycles. The molecule has 0 saturated carbocycles. The third kappa shape index (κ3) is 3.20. The van der Waals surface area contributed by atoms with Gasteiger partial charge in [0.05, 0.1) is 20.7 Å². The molecule has 0 spiro atoms. The van der Waals surface area contributed by atoms with E-state index in [1.807, 2.05) is 18.2 Å². The topological polar surface area (TPSA) is 47.3 Å². The van der Waals surface area contributed by atoms with Gasteiger partial charge in [0.25, 0.3) is 0 Å². The SMILES string of the molecule is COc1ccc(C(NN)c2cc(Br)sc2Br)c(C)c1. The molecule has 0 aliphatic rings. The summed E-state index contributed by atoms with van der Waals surface area (Å²) in [7, 11) is 1.67. The number of benzene rings is 1. The number of rotatable bonds is 4. The van der Waals surface area contributed by atoms with Crippen molar-refractivity contribution in [3.63, 3.8) is 0 Å². The first-order chi connectivity index (χ1) is 9.06. The highest BCUT2D eigenvalue weighted by atomic mass is 79.9. The molecule has 19 heavy (non-hydrogen) atoms. The largest absolute Gasteiger partial charge is 0.497 e. The van der Waals surface area contributed by atoms with E-state index in [1.54, 1.807) is 18.4 Å². The minimum absolute atomic E-state index is 0.0529. The Balaban J connectivity index is 2.45. The number of hydrogen-bond donors (Lipinski definition) is 2. The van der Waals surface area contributed by atoms with Gasteiger partial charge < -0.3 is 4.74 Å². The minimum Gasteiger partial charge on any atom is -0.497 e. The van der Waals surface area contributed by atoms with Crippen LogP contribution in [0.15, 0.2) is 31.8 Å². The van der Waals surface area contributed by atoms with E-state index in [9.17, 15) is 0 Å².